The SMILES string of the molecule is Cc1oc(-c2ccccc2)nc1CC(=O)NC[C@H]1CN(Cc2cc(Cl)ccc2Cl)[C@H](C)CO1. The number of amides is 1. The quantitative estimate of drug-likeness (QED) is 0.512. The van der Waals surface area contributed by atoms with Crippen molar-refractivity contribution < 1.29 is 13.9 Å². The van der Waals surface area contributed by atoms with E-state index in [9.17, 15) is 4.79 Å². The molecule has 33 heavy (non-hydrogen) atoms. The van der Waals surface area contributed by atoms with E-state index in [4.69, 9.17) is 32.4 Å². The van der Waals surface area contributed by atoms with Crippen molar-refractivity contribution in [3.8, 4) is 11.5 Å². The summed E-state index contributed by atoms with van der Waals surface area (Å²) >= 11 is 12.5. The minimum absolute atomic E-state index is 0.110. The number of benzene rings is 2. The molecule has 1 N–H and O–H groups in total. The standard InChI is InChI=1S/C25H27Cl2N3O3/c1-16-15-32-21(14-30(16)13-19-10-20(26)8-9-22(19)27)12-28-24(31)11-23-17(2)33-25(29-23)18-6-4-3-5-7-18/h3-10,16,21H,11-15H2,1-2H3,(H,28,31)/t16-,21+/m1/s1. The van der Waals surface area contributed by atoms with Crippen LogP contribution >= 0.6 is 23.2 Å². The molecule has 0 saturated carbocycles. The Morgan fingerprint density at radius 3 is 2.79 bits per heavy atom. The monoisotopic (exact) mass is 487 g/mol. The van der Waals surface area contributed by atoms with Crippen LogP contribution in [0.25, 0.3) is 11.5 Å². The first-order valence-electron chi connectivity index (χ1n) is 11.0. The van der Waals surface area contributed by atoms with Crippen molar-refractivity contribution in [2.75, 3.05) is 19.7 Å². The van der Waals surface area contributed by atoms with Crippen LogP contribution in [0.1, 0.15) is 23.9 Å². The summed E-state index contributed by atoms with van der Waals surface area (Å²) in [5, 5.41) is 4.34. The molecule has 6 nitrogen and oxygen atoms in total. The molecule has 1 aliphatic heterocycles. The maximum absolute atomic E-state index is 12.6. The maximum Gasteiger partial charge on any atom is 0.226 e. The molecule has 0 unspecified atom stereocenters. The molecule has 4 rings (SSSR count). The van der Waals surface area contributed by atoms with Crippen LogP contribution in [0.2, 0.25) is 10.0 Å². The average molecular weight is 488 g/mol. The van der Waals surface area contributed by atoms with Crippen molar-refractivity contribution in [2.24, 2.45) is 0 Å². The van der Waals surface area contributed by atoms with Crippen molar-refractivity contribution in [2.45, 2.75) is 39.0 Å². The fourth-order valence-electron chi connectivity index (χ4n) is 3.84. The van der Waals surface area contributed by atoms with Crippen molar-refractivity contribution in [1.82, 2.24) is 15.2 Å². The number of hydrogen-bond acceptors (Lipinski definition) is 5. The van der Waals surface area contributed by atoms with Gasteiger partial charge in [0.2, 0.25) is 11.8 Å². The molecule has 0 spiro atoms. The molecular formula is C25H27Cl2N3O3. The third-order valence-corrected chi connectivity index (χ3v) is 6.39. The van der Waals surface area contributed by atoms with Gasteiger partial charge >= 0.3 is 0 Å². The van der Waals surface area contributed by atoms with E-state index in [1.807, 2.05) is 49.4 Å². The summed E-state index contributed by atoms with van der Waals surface area (Å²) in [7, 11) is 0. The van der Waals surface area contributed by atoms with Gasteiger partial charge in [-0.3, -0.25) is 9.69 Å². The first-order valence-corrected chi connectivity index (χ1v) is 11.7. The van der Waals surface area contributed by atoms with E-state index in [1.165, 1.54) is 0 Å². The Hall–Kier alpha value is -2.38. The molecule has 1 fully saturated rings. The third-order valence-electron chi connectivity index (χ3n) is 5.78. The zero-order valence-electron chi connectivity index (χ0n) is 18.7. The van der Waals surface area contributed by atoms with E-state index < -0.39 is 0 Å². The van der Waals surface area contributed by atoms with Crippen molar-refractivity contribution in [1.29, 1.82) is 0 Å². The molecule has 3 aromatic rings. The zero-order valence-corrected chi connectivity index (χ0v) is 20.2. The molecule has 1 aromatic heterocycles. The molecule has 174 valence electrons. The largest absolute Gasteiger partial charge is 0.441 e. The molecule has 8 heteroatoms. The lowest BCUT2D eigenvalue weighted by Gasteiger charge is -2.38. The van der Waals surface area contributed by atoms with E-state index in [0.29, 0.717) is 53.6 Å². The summed E-state index contributed by atoms with van der Waals surface area (Å²) in [4.78, 5) is 19.4. The summed E-state index contributed by atoms with van der Waals surface area (Å²) in [6, 6.07) is 15.4. The summed E-state index contributed by atoms with van der Waals surface area (Å²) in [6.07, 6.45) is 0.0500. The van der Waals surface area contributed by atoms with Crippen LogP contribution < -0.4 is 5.32 Å². The van der Waals surface area contributed by atoms with E-state index in [1.54, 1.807) is 6.07 Å². The van der Waals surface area contributed by atoms with Crippen LogP contribution in [0.3, 0.4) is 0 Å². The lowest BCUT2D eigenvalue weighted by molar-refractivity contribution is -0.122. The maximum atomic E-state index is 12.6. The summed E-state index contributed by atoms with van der Waals surface area (Å²) in [6.45, 7) is 6.31. The molecule has 1 amide bonds. The average Bonchev–Trinajstić information content (AvgIpc) is 3.17. The molecular weight excluding hydrogens is 461 g/mol. The Bertz CT molecular complexity index is 1100. The van der Waals surface area contributed by atoms with Crippen LogP contribution in [-0.4, -0.2) is 47.6 Å². The zero-order chi connectivity index (χ0) is 23.4. The Morgan fingerprint density at radius 1 is 1.21 bits per heavy atom. The summed E-state index contributed by atoms with van der Waals surface area (Å²) in [5.41, 5.74) is 2.51. The van der Waals surface area contributed by atoms with Crippen LogP contribution in [0.15, 0.2) is 52.9 Å². The van der Waals surface area contributed by atoms with Gasteiger partial charge in [0.1, 0.15) is 5.76 Å². The lowest BCUT2D eigenvalue weighted by atomic mass is 10.1. The molecule has 2 aromatic carbocycles. The first-order chi connectivity index (χ1) is 15.9. The Labute approximate surface area is 203 Å². The second-order valence-corrected chi connectivity index (χ2v) is 9.18. The predicted molar refractivity (Wildman–Crippen MR) is 129 cm³/mol. The molecule has 1 aliphatic rings. The number of morpholine rings is 1. The smallest absolute Gasteiger partial charge is 0.226 e. The van der Waals surface area contributed by atoms with E-state index in [0.717, 1.165) is 11.1 Å². The van der Waals surface area contributed by atoms with Crippen LogP contribution in [0.5, 0.6) is 0 Å². The number of carbonyl (C=O) groups is 1. The normalized spacial score (nSPS) is 18.9. The highest BCUT2D eigenvalue weighted by atomic mass is 35.5. The Kier molecular flexibility index (Phi) is 7.71. The highest BCUT2D eigenvalue weighted by Gasteiger charge is 2.27. The van der Waals surface area contributed by atoms with E-state index >= 15 is 0 Å². The van der Waals surface area contributed by atoms with Crippen LogP contribution in [-0.2, 0) is 22.5 Å². The number of nitrogens with one attached hydrogen (secondary N) is 1. The second-order valence-electron chi connectivity index (χ2n) is 8.34. The number of ether oxygens (including phenoxy) is 1. The second kappa shape index (κ2) is 10.7. The van der Waals surface area contributed by atoms with Crippen LogP contribution in [0.4, 0.5) is 0 Å². The Morgan fingerprint density at radius 2 is 2.00 bits per heavy atom. The molecule has 0 aliphatic carbocycles. The third kappa shape index (κ3) is 6.15. The van der Waals surface area contributed by atoms with Gasteiger partial charge in [-0.2, -0.15) is 0 Å². The van der Waals surface area contributed by atoms with Gasteiger partial charge in [-0.15, -0.1) is 0 Å². The minimum Gasteiger partial charge on any atom is -0.441 e. The number of aryl methyl sites for hydroxylation is 1. The summed E-state index contributed by atoms with van der Waals surface area (Å²) < 4.78 is 11.7. The van der Waals surface area contributed by atoms with Crippen LogP contribution in [0, 0.1) is 6.92 Å². The van der Waals surface area contributed by atoms with Gasteiger partial charge in [0.05, 0.1) is 24.8 Å². The van der Waals surface area contributed by atoms with Gasteiger partial charge in [0.25, 0.3) is 0 Å². The number of hydrogen-bond donors (Lipinski definition) is 1. The van der Waals surface area contributed by atoms with E-state index in [2.05, 4.69) is 22.1 Å². The van der Waals surface area contributed by atoms with Crippen molar-refractivity contribution in [3.05, 3.63) is 75.6 Å². The fourth-order valence-corrected chi connectivity index (χ4v) is 4.21. The number of nitrogens with zero attached hydrogens (tertiary/aromatic N) is 2. The molecule has 0 bridgehead atoms. The van der Waals surface area contributed by atoms with Crippen molar-refractivity contribution >= 4 is 29.1 Å². The van der Waals surface area contributed by atoms with Gasteiger partial charge in [-0.25, -0.2) is 4.98 Å². The van der Waals surface area contributed by atoms with E-state index in [-0.39, 0.29) is 24.5 Å². The van der Waals surface area contributed by atoms with Gasteiger partial charge in [0.15, 0.2) is 0 Å². The minimum atomic E-state index is -0.113. The van der Waals surface area contributed by atoms with Gasteiger partial charge in [0, 0.05) is 41.3 Å². The summed E-state index contributed by atoms with van der Waals surface area (Å²) in [5.74, 6) is 1.06. The first kappa shape index (κ1) is 23.8. The lowest BCUT2D eigenvalue weighted by Crippen LogP contribution is -2.51. The number of aromatic nitrogens is 1. The highest BCUT2D eigenvalue weighted by Crippen LogP contribution is 2.25. The molecule has 1 saturated heterocycles. The fraction of sp³-hybridized carbons (Fsp3) is 0.360. The van der Waals surface area contributed by atoms with Gasteiger partial charge in [-0.05, 0) is 49.7 Å². The number of carbonyl (C=O) groups excluding carboxylic acids is 1. The highest BCUT2D eigenvalue weighted by molar-refractivity contribution is 6.33. The number of halogens is 2. The topological polar surface area (TPSA) is 67.6 Å². The molecule has 2 heterocycles. The molecule has 0 radical (unpaired) electrons. The molecule has 2 atom stereocenters. The number of rotatable bonds is 7. The van der Waals surface area contributed by atoms with Crippen molar-refractivity contribution in [3.63, 3.8) is 0 Å². The Balaban J connectivity index is 1.31. The predicted octanol–water partition coefficient (Wildman–Crippen LogP) is 4.91. The number of oxazole rings is 1. The van der Waals surface area contributed by atoms with Gasteiger partial charge in [-0.1, -0.05) is 41.4 Å². The van der Waals surface area contributed by atoms with Gasteiger partial charge < -0.3 is 14.5 Å².